The third-order valence-corrected chi connectivity index (χ3v) is 3.01. The van der Waals surface area contributed by atoms with Gasteiger partial charge in [-0.25, -0.2) is 4.39 Å². The maximum absolute atomic E-state index is 13.1. The van der Waals surface area contributed by atoms with Crippen molar-refractivity contribution in [1.82, 2.24) is 0 Å². The number of nitro groups is 1. The van der Waals surface area contributed by atoms with Crippen molar-refractivity contribution in [2.75, 3.05) is 17.2 Å². The second-order valence-corrected chi connectivity index (χ2v) is 4.87. The van der Waals surface area contributed by atoms with Crippen molar-refractivity contribution in [2.24, 2.45) is 0 Å². The number of hydrogen-bond donors (Lipinski definition) is 2. The molecule has 8 heteroatoms. The number of rotatable bonds is 5. The van der Waals surface area contributed by atoms with Crippen LogP contribution in [0, 0.1) is 15.9 Å². The molecular formula is C15H14FN3O3S. The molecule has 0 heterocycles. The monoisotopic (exact) mass is 335 g/mol. The van der Waals surface area contributed by atoms with E-state index in [4.69, 9.17) is 17.0 Å². The molecule has 120 valence electrons. The van der Waals surface area contributed by atoms with Crippen LogP contribution >= 0.6 is 12.2 Å². The molecule has 0 spiro atoms. The molecule has 6 nitrogen and oxygen atoms in total. The minimum Gasteiger partial charge on any atom is -0.494 e. The molecule has 2 aromatic rings. The number of benzene rings is 2. The highest BCUT2D eigenvalue weighted by molar-refractivity contribution is 7.80. The summed E-state index contributed by atoms with van der Waals surface area (Å²) in [6, 6.07) is 10.1. The molecule has 0 fully saturated rings. The number of nitrogens with one attached hydrogen (secondary N) is 2. The molecule has 0 amide bonds. The third-order valence-electron chi connectivity index (χ3n) is 2.81. The fraction of sp³-hybridized carbons (Fsp3) is 0.133. The fourth-order valence-corrected chi connectivity index (χ4v) is 2.10. The number of hydrogen-bond acceptors (Lipinski definition) is 4. The maximum atomic E-state index is 13.1. The zero-order valence-electron chi connectivity index (χ0n) is 12.2. The molecule has 23 heavy (non-hydrogen) atoms. The number of halogens is 1. The van der Waals surface area contributed by atoms with Gasteiger partial charge in [0.15, 0.2) is 5.11 Å². The van der Waals surface area contributed by atoms with Gasteiger partial charge in [-0.1, -0.05) is 6.07 Å². The zero-order valence-corrected chi connectivity index (χ0v) is 13.0. The van der Waals surface area contributed by atoms with Crippen molar-refractivity contribution < 1.29 is 14.1 Å². The van der Waals surface area contributed by atoms with E-state index in [0.717, 1.165) is 0 Å². The van der Waals surface area contributed by atoms with Gasteiger partial charge in [0.05, 0.1) is 17.6 Å². The second-order valence-electron chi connectivity index (χ2n) is 4.46. The average molecular weight is 335 g/mol. The maximum Gasteiger partial charge on any atom is 0.296 e. The molecule has 0 bridgehead atoms. The van der Waals surface area contributed by atoms with E-state index in [-0.39, 0.29) is 16.5 Å². The number of nitrogens with zero attached hydrogens (tertiary/aromatic N) is 1. The van der Waals surface area contributed by atoms with Crippen LogP contribution in [0.4, 0.5) is 21.5 Å². The van der Waals surface area contributed by atoms with E-state index >= 15 is 0 Å². The lowest BCUT2D eigenvalue weighted by Gasteiger charge is -2.12. The third kappa shape index (κ3) is 4.62. The van der Waals surface area contributed by atoms with Crippen LogP contribution in [0.15, 0.2) is 42.5 Å². The number of anilines is 2. The fourth-order valence-electron chi connectivity index (χ4n) is 1.88. The highest BCUT2D eigenvalue weighted by atomic mass is 32.1. The van der Waals surface area contributed by atoms with Gasteiger partial charge in [0.2, 0.25) is 0 Å². The molecule has 0 saturated carbocycles. The first-order chi connectivity index (χ1) is 11.0. The van der Waals surface area contributed by atoms with E-state index in [1.807, 2.05) is 0 Å². The lowest BCUT2D eigenvalue weighted by Crippen LogP contribution is -2.19. The first-order valence-electron chi connectivity index (χ1n) is 6.74. The molecular weight excluding hydrogens is 321 g/mol. The van der Waals surface area contributed by atoms with Gasteiger partial charge < -0.3 is 15.4 Å². The van der Waals surface area contributed by atoms with E-state index in [2.05, 4.69) is 10.6 Å². The Morgan fingerprint density at radius 1 is 1.30 bits per heavy atom. The van der Waals surface area contributed by atoms with Crippen molar-refractivity contribution in [2.45, 2.75) is 6.92 Å². The molecule has 0 aromatic heterocycles. The Labute approximate surface area is 137 Å². The van der Waals surface area contributed by atoms with Crippen molar-refractivity contribution in [1.29, 1.82) is 0 Å². The summed E-state index contributed by atoms with van der Waals surface area (Å²) in [5.74, 6) is -0.0152. The number of thiocarbonyl (C=S) groups is 1. The van der Waals surface area contributed by atoms with Crippen LogP contribution in [-0.2, 0) is 0 Å². The minimum absolute atomic E-state index is 0.114. The molecule has 0 aliphatic carbocycles. The molecule has 0 aliphatic heterocycles. The number of nitro benzene ring substituents is 1. The SMILES string of the molecule is CCOc1ccc(NC(=S)Nc2cccc(F)c2)c([N+](=O)[O-])c1. The van der Waals surface area contributed by atoms with Gasteiger partial charge in [0.1, 0.15) is 17.3 Å². The van der Waals surface area contributed by atoms with E-state index in [9.17, 15) is 14.5 Å². The zero-order chi connectivity index (χ0) is 16.8. The van der Waals surface area contributed by atoms with Gasteiger partial charge in [-0.05, 0) is 49.5 Å². The number of ether oxygens (including phenoxy) is 1. The first kappa shape index (κ1) is 16.6. The van der Waals surface area contributed by atoms with Gasteiger partial charge in [0.25, 0.3) is 5.69 Å². The Bertz CT molecular complexity index is 740. The average Bonchev–Trinajstić information content (AvgIpc) is 2.48. The summed E-state index contributed by atoms with van der Waals surface area (Å²) in [6.07, 6.45) is 0. The van der Waals surface area contributed by atoms with Crippen LogP contribution in [0.2, 0.25) is 0 Å². The molecule has 0 atom stereocenters. The summed E-state index contributed by atoms with van der Waals surface area (Å²) >= 11 is 5.09. The van der Waals surface area contributed by atoms with Gasteiger partial charge in [0, 0.05) is 5.69 Å². The van der Waals surface area contributed by atoms with Crippen molar-refractivity contribution in [3.63, 3.8) is 0 Å². The topological polar surface area (TPSA) is 76.4 Å². The Morgan fingerprint density at radius 2 is 2.09 bits per heavy atom. The summed E-state index contributed by atoms with van der Waals surface area (Å²) in [4.78, 5) is 10.6. The summed E-state index contributed by atoms with van der Waals surface area (Å²) < 4.78 is 18.4. The largest absolute Gasteiger partial charge is 0.494 e. The van der Waals surface area contributed by atoms with Crippen LogP contribution in [0.3, 0.4) is 0 Å². The van der Waals surface area contributed by atoms with Crippen LogP contribution in [0.5, 0.6) is 5.75 Å². The van der Waals surface area contributed by atoms with E-state index in [0.29, 0.717) is 18.0 Å². The second kappa shape index (κ2) is 7.50. The molecule has 0 saturated heterocycles. The molecule has 0 aliphatic rings. The lowest BCUT2D eigenvalue weighted by atomic mass is 10.2. The van der Waals surface area contributed by atoms with Gasteiger partial charge in [-0.3, -0.25) is 10.1 Å². The summed E-state index contributed by atoms with van der Waals surface area (Å²) in [5.41, 5.74) is 0.489. The Kier molecular flexibility index (Phi) is 5.42. The molecule has 2 N–H and O–H groups in total. The predicted molar refractivity (Wildman–Crippen MR) is 90.5 cm³/mol. The Hall–Kier alpha value is -2.74. The summed E-state index contributed by atoms with van der Waals surface area (Å²) in [7, 11) is 0. The van der Waals surface area contributed by atoms with E-state index < -0.39 is 10.7 Å². The van der Waals surface area contributed by atoms with Crippen molar-refractivity contribution in [3.8, 4) is 5.75 Å². The van der Waals surface area contributed by atoms with Crippen molar-refractivity contribution >= 4 is 34.4 Å². The molecule has 2 aromatic carbocycles. The standard InChI is InChI=1S/C15H14FN3O3S/c1-2-22-12-6-7-13(14(9-12)19(20)21)18-15(23)17-11-5-3-4-10(16)8-11/h3-9H,2H2,1H3,(H2,17,18,23). The molecule has 0 radical (unpaired) electrons. The van der Waals surface area contributed by atoms with Crippen LogP contribution < -0.4 is 15.4 Å². The molecule has 0 unspecified atom stereocenters. The predicted octanol–water partition coefficient (Wildman–Crippen LogP) is 3.94. The van der Waals surface area contributed by atoms with Gasteiger partial charge in [-0.2, -0.15) is 0 Å². The summed E-state index contributed by atoms with van der Waals surface area (Å²) in [5, 5.41) is 16.8. The van der Waals surface area contributed by atoms with Gasteiger partial charge >= 0.3 is 0 Å². The minimum atomic E-state index is -0.532. The Morgan fingerprint density at radius 3 is 2.74 bits per heavy atom. The smallest absolute Gasteiger partial charge is 0.296 e. The highest BCUT2D eigenvalue weighted by Gasteiger charge is 2.16. The normalized spacial score (nSPS) is 10.0. The van der Waals surface area contributed by atoms with E-state index in [1.165, 1.54) is 30.3 Å². The first-order valence-corrected chi connectivity index (χ1v) is 7.15. The van der Waals surface area contributed by atoms with E-state index in [1.54, 1.807) is 19.1 Å². The van der Waals surface area contributed by atoms with Crippen LogP contribution in [-0.4, -0.2) is 16.6 Å². The van der Waals surface area contributed by atoms with Crippen LogP contribution in [0.25, 0.3) is 0 Å². The van der Waals surface area contributed by atoms with Gasteiger partial charge in [-0.15, -0.1) is 0 Å². The highest BCUT2D eigenvalue weighted by Crippen LogP contribution is 2.29. The Balaban J connectivity index is 2.15. The quantitative estimate of drug-likeness (QED) is 0.490. The summed E-state index contributed by atoms with van der Waals surface area (Å²) in [6.45, 7) is 2.19. The lowest BCUT2D eigenvalue weighted by molar-refractivity contribution is -0.384. The van der Waals surface area contributed by atoms with Crippen molar-refractivity contribution in [3.05, 3.63) is 58.4 Å². The molecule has 2 rings (SSSR count). The van der Waals surface area contributed by atoms with Crippen LogP contribution in [0.1, 0.15) is 6.92 Å².